The van der Waals surface area contributed by atoms with E-state index in [0.29, 0.717) is 17.4 Å². The van der Waals surface area contributed by atoms with Crippen molar-refractivity contribution in [1.82, 2.24) is 15.2 Å². The normalized spacial score (nSPS) is 15.5. The maximum Gasteiger partial charge on any atom is 0.243 e. The first-order valence-electron chi connectivity index (χ1n) is 7.25. The third-order valence-electron chi connectivity index (χ3n) is 3.54. The van der Waals surface area contributed by atoms with Gasteiger partial charge >= 0.3 is 0 Å². The van der Waals surface area contributed by atoms with Crippen LogP contribution in [0, 0.1) is 0 Å². The van der Waals surface area contributed by atoms with Gasteiger partial charge in [0.25, 0.3) is 0 Å². The summed E-state index contributed by atoms with van der Waals surface area (Å²) in [5.41, 5.74) is 7.21. The van der Waals surface area contributed by atoms with Gasteiger partial charge < -0.3 is 15.8 Å². The number of hydrogen-bond donors (Lipinski definition) is 3. The summed E-state index contributed by atoms with van der Waals surface area (Å²) in [4.78, 5) is 16.4. The number of nitrogens with zero attached hydrogens (tertiary/aromatic N) is 2. The molecular weight excluding hydrogens is 282 g/mol. The molecule has 4 N–H and O–H groups in total. The average molecular weight is 301 g/mol. The highest BCUT2D eigenvalue weighted by Gasteiger charge is 2.27. The fraction of sp³-hybridized carbons (Fsp3) is 0.400. The first kappa shape index (κ1) is 14.7. The number of aromatic nitrogens is 3. The highest BCUT2D eigenvalue weighted by atomic mass is 16.5. The van der Waals surface area contributed by atoms with Crippen LogP contribution in [0.25, 0.3) is 11.4 Å². The summed E-state index contributed by atoms with van der Waals surface area (Å²) >= 11 is 0. The zero-order chi connectivity index (χ0) is 15.5. The highest BCUT2D eigenvalue weighted by molar-refractivity contribution is 5.95. The first-order valence-corrected chi connectivity index (χ1v) is 7.25. The van der Waals surface area contributed by atoms with Gasteiger partial charge in [0.15, 0.2) is 5.82 Å². The number of hydrogen-bond acceptors (Lipinski definition) is 5. The zero-order valence-electron chi connectivity index (χ0n) is 12.4. The van der Waals surface area contributed by atoms with Crippen LogP contribution < -0.4 is 11.1 Å². The van der Waals surface area contributed by atoms with E-state index in [0.717, 1.165) is 11.4 Å². The maximum absolute atomic E-state index is 11.9. The average Bonchev–Trinajstić information content (AvgIpc) is 3.25. The summed E-state index contributed by atoms with van der Waals surface area (Å²) in [5, 5.41) is 9.98. The number of anilines is 1. The van der Waals surface area contributed by atoms with Gasteiger partial charge in [-0.1, -0.05) is 12.1 Å². The number of amides is 1. The molecule has 7 nitrogen and oxygen atoms in total. The minimum atomic E-state index is -0.696. The molecule has 1 amide bonds. The van der Waals surface area contributed by atoms with E-state index in [1.807, 2.05) is 18.2 Å². The molecule has 0 saturated heterocycles. The number of ether oxygens (including phenoxy) is 1. The number of carbonyl (C=O) groups is 1. The molecule has 116 valence electrons. The molecule has 1 fully saturated rings. The summed E-state index contributed by atoms with van der Waals surface area (Å²) in [5.74, 6) is 1.81. The molecule has 1 atom stereocenters. The Kier molecular flexibility index (Phi) is 4.17. The van der Waals surface area contributed by atoms with Crippen LogP contribution in [0.15, 0.2) is 24.3 Å². The zero-order valence-corrected chi connectivity index (χ0v) is 12.4. The Hall–Kier alpha value is -2.25. The van der Waals surface area contributed by atoms with E-state index in [4.69, 9.17) is 10.5 Å². The van der Waals surface area contributed by atoms with Gasteiger partial charge in [-0.15, -0.1) is 0 Å². The number of methoxy groups -OCH3 is 1. The van der Waals surface area contributed by atoms with Crippen molar-refractivity contribution in [2.75, 3.05) is 19.0 Å². The quantitative estimate of drug-likeness (QED) is 0.745. The number of rotatable bonds is 6. The van der Waals surface area contributed by atoms with Crippen molar-refractivity contribution in [2.24, 2.45) is 5.73 Å². The van der Waals surface area contributed by atoms with Crippen LogP contribution in [0.1, 0.15) is 24.6 Å². The Bertz CT molecular complexity index is 665. The molecule has 1 unspecified atom stereocenters. The molecule has 0 bridgehead atoms. The Morgan fingerprint density at radius 1 is 1.55 bits per heavy atom. The molecule has 1 saturated carbocycles. The Balaban J connectivity index is 1.72. The van der Waals surface area contributed by atoms with E-state index in [2.05, 4.69) is 20.5 Å². The van der Waals surface area contributed by atoms with Crippen LogP contribution in [0.3, 0.4) is 0 Å². The number of benzene rings is 1. The van der Waals surface area contributed by atoms with Crippen molar-refractivity contribution in [1.29, 1.82) is 0 Å². The molecule has 0 aliphatic heterocycles. The molecule has 0 radical (unpaired) electrons. The van der Waals surface area contributed by atoms with E-state index >= 15 is 0 Å². The predicted molar refractivity (Wildman–Crippen MR) is 82.3 cm³/mol. The molecule has 2 aromatic rings. The largest absolute Gasteiger partial charge is 0.383 e. The maximum atomic E-state index is 11.9. The minimum absolute atomic E-state index is 0.178. The molecule has 1 heterocycles. The second-order valence-electron chi connectivity index (χ2n) is 5.45. The van der Waals surface area contributed by atoms with Crippen LogP contribution in [0.5, 0.6) is 0 Å². The molecule has 1 aromatic heterocycles. The van der Waals surface area contributed by atoms with Gasteiger partial charge in [-0.05, 0) is 25.0 Å². The Morgan fingerprint density at radius 2 is 2.36 bits per heavy atom. The van der Waals surface area contributed by atoms with E-state index in [9.17, 15) is 4.79 Å². The van der Waals surface area contributed by atoms with Gasteiger partial charge in [0, 0.05) is 24.3 Å². The van der Waals surface area contributed by atoms with Gasteiger partial charge in [-0.2, -0.15) is 5.10 Å². The van der Waals surface area contributed by atoms with Gasteiger partial charge in [0.1, 0.15) is 11.9 Å². The summed E-state index contributed by atoms with van der Waals surface area (Å²) in [7, 11) is 1.51. The molecular formula is C15H19N5O2. The van der Waals surface area contributed by atoms with Crippen molar-refractivity contribution in [3.63, 3.8) is 0 Å². The van der Waals surface area contributed by atoms with E-state index in [1.165, 1.54) is 20.0 Å². The molecule has 7 heteroatoms. The fourth-order valence-corrected chi connectivity index (χ4v) is 2.17. The lowest BCUT2D eigenvalue weighted by Gasteiger charge is -2.11. The summed E-state index contributed by atoms with van der Waals surface area (Å²) in [6, 6.07) is 6.69. The second-order valence-corrected chi connectivity index (χ2v) is 5.45. The monoisotopic (exact) mass is 301 g/mol. The van der Waals surface area contributed by atoms with E-state index < -0.39 is 6.04 Å². The topological polar surface area (TPSA) is 106 Å². The third kappa shape index (κ3) is 3.32. The number of H-pyrrole nitrogens is 1. The van der Waals surface area contributed by atoms with Crippen molar-refractivity contribution in [3.05, 3.63) is 30.1 Å². The van der Waals surface area contributed by atoms with Crippen LogP contribution in [0.2, 0.25) is 0 Å². The van der Waals surface area contributed by atoms with Gasteiger partial charge in [-0.3, -0.25) is 9.89 Å². The minimum Gasteiger partial charge on any atom is -0.383 e. The second kappa shape index (κ2) is 6.25. The lowest BCUT2D eigenvalue weighted by Crippen LogP contribution is -2.39. The summed E-state index contributed by atoms with van der Waals surface area (Å²) < 4.78 is 4.88. The van der Waals surface area contributed by atoms with Gasteiger partial charge in [-0.25, -0.2) is 4.98 Å². The molecule has 1 aromatic carbocycles. The smallest absolute Gasteiger partial charge is 0.243 e. The summed E-state index contributed by atoms with van der Waals surface area (Å²) in [6.45, 7) is 0.178. The molecule has 1 aliphatic rings. The van der Waals surface area contributed by atoms with Crippen LogP contribution in [-0.2, 0) is 9.53 Å². The Morgan fingerprint density at radius 3 is 3.09 bits per heavy atom. The van der Waals surface area contributed by atoms with Crippen molar-refractivity contribution < 1.29 is 9.53 Å². The number of aromatic amines is 1. The first-order chi connectivity index (χ1) is 10.7. The van der Waals surface area contributed by atoms with Crippen molar-refractivity contribution in [3.8, 4) is 11.4 Å². The number of nitrogens with one attached hydrogen (secondary N) is 2. The lowest BCUT2D eigenvalue weighted by molar-refractivity contribution is -0.118. The van der Waals surface area contributed by atoms with Crippen molar-refractivity contribution >= 4 is 11.6 Å². The van der Waals surface area contributed by atoms with E-state index in [-0.39, 0.29) is 12.5 Å². The molecule has 0 spiro atoms. The SMILES string of the molecule is COCC(N)C(=O)Nc1cccc(-c2n[nH]c(C3CC3)n2)c1. The van der Waals surface area contributed by atoms with Gasteiger partial charge in [0.2, 0.25) is 5.91 Å². The van der Waals surface area contributed by atoms with Crippen LogP contribution in [-0.4, -0.2) is 40.8 Å². The van der Waals surface area contributed by atoms with Gasteiger partial charge in [0.05, 0.1) is 6.61 Å². The Labute approximate surface area is 128 Å². The molecule has 1 aliphatic carbocycles. The number of nitrogens with two attached hydrogens (primary N) is 1. The van der Waals surface area contributed by atoms with Crippen molar-refractivity contribution in [2.45, 2.75) is 24.8 Å². The molecule has 3 rings (SSSR count). The molecule has 22 heavy (non-hydrogen) atoms. The highest BCUT2D eigenvalue weighted by Crippen LogP contribution is 2.38. The number of carbonyl (C=O) groups excluding carboxylic acids is 1. The van der Waals surface area contributed by atoms with Crippen LogP contribution in [0.4, 0.5) is 5.69 Å². The predicted octanol–water partition coefficient (Wildman–Crippen LogP) is 1.26. The third-order valence-corrected chi connectivity index (χ3v) is 3.54. The fourth-order valence-electron chi connectivity index (χ4n) is 2.17. The summed E-state index contributed by atoms with van der Waals surface area (Å²) in [6.07, 6.45) is 2.34. The standard InChI is InChI=1S/C15H19N5O2/c1-22-8-12(16)15(21)17-11-4-2-3-10(7-11)14-18-13(19-20-14)9-5-6-9/h2-4,7,9,12H,5-6,8,16H2,1H3,(H,17,21)(H,18,19,20). The van der Waals surface area contributed by atoms with E-state index in [1.54, 1.807) is 6.07 Å². The van der Waals surface area contributed by atoms with Crippen LogP contribution >= 0.6 is 0 Å². The lowest BCUT2D eigenvalue weighted by atomic mass is 10.2.